The van der Waals surface area contributed by atoms with Gasteiger partial charge < -0.3 is 21.3 Å². The van der Waals surface area contributed by atoms with Gasteiger partial charge >= 0.3 is 0 Å². The van der Waals surface area contributed by atoms with E-state index in [2.05, 4.69) is 83.6 Å². The van der Waals surface area contributed by atoms with E-state index < -0.39 is 0 Å². The Bertz CT molecular complexity index is 663. The molecule has 0 aliphatic rings. The highest BCUT2D eigenvalue weighted by molar-refractivity contribution is 5.23. The van der Waals surface area contributed by atoms with Crippen molar-refractivity contribution in [3.8, 4) is 0 Å². The highest BCUT2D eigenvalue weighted by Crippen LogP contribution is 2.08. The van der Waals surface area contributed by atoms with Crippen LogP contribution in [0.3, 0.4) is 0 Å². The van der Waals surface area contributed by atoms with E-state index in [4.69, 9.17) is 0 Å². The van der Waals surface area contributed by atoms with Crippen LogP contribution >= 0.6 is 0 Å². The lowest BCUT2D eigenvalue weighted by Crippen LogP contribution is -2.26. The van der Waals surface area contributed by atoms with Gasteiger partial charge in [-0.2, -0.15) is 0 Å². The summed E-state index contributed by atoms with van der Waals surface area (Å²) in [6.45, 7) is 12.9. The molecule has 0 spiro atoms. The van der Waals surface area contributed by atoms with Gasteiger partial charge in [-0.3, -0.25) is 0 Å². The molecule has 0 unspecified atom stereocenters. The van der Waals surface area contributed by atoms with E-state index in [1.165, 1.54) is 80.0 Å². The third kappa shape index (κ3) is 15.1. The van der Waals surface area contributed by atoms with Crippen molar-refractivity contribution < 1.29 is 0 Å². The average Bonchev–Trinajstić information content (AvgIpc) is 2.89. The highest BCUT2D eigenvalue weighted by atomic mass is 14.9. The van der Waals surface area contributed by atoms with Crippen molar-refractivity contribution in [3.05, 3.63) is 70.8 Å². The Morgan fingerprint density at radius 3 is 1.06 bits per heavy atom. The molecule has 196 valence electrons. The van der Waals surface area contributed by atoms with Crippen LogP contribution < -0.4 is 21.3 Å². The zero-order valence-electron chi connectivity index (χ0n) is 22.6. The lowest BCUT2D eigenvalue weighted by Gasteiger charge is -2.09. The van der Waals surface area contributed by atoms with Crippen LogP contribution in [0, 0.1) is 0 Å². The van der Waals surface area contributed by atoms with Crippen molar-refractivity contribution in [2.24, 2.45) is 0 Å². The molecule has 2 rings (SSSR count). The Balaban J connectivity index is 1.31. The van der Waals surface area contributed by atoms with Crippen LogP contribution in [0.5, 0.6) is 0 Å². The van der Waals surface area contributed by atoms with E-state index in [1.807, 2.05) is 0 Å². The minimum absolute atomic E-state index is 0.970. The fourth-order valence-corrected chi connectivity index (χ4v) is 4.14. The van der Waals surface area contributed by atoms with Crippen molar-refractivity contribution in [1.82, 2.24) is 21.3 Å². The van der Waals surface area contributed by atoms with Gasteiger partial charge in [0.1, 0.15) is 0 Å². The summed E-state index contributed by atoms with van der Waals surface area (Å²) in [5.74, 6) is 0. The van der Waals surface area contributed by atoms with Crippen LogP contribution in [0.1, 0.15) is 81.0 Å². The van der Waals surface area contributed by atoms with Gasteiger partial charge in [-0.1, -0.05) is 75.2 Å². The number of aryl methyl sites for hydroxylation is 2. The molecule has 0 aliphatic carbocycles. The summed E-state index contributed by atoms with van der Waals surface area (Å²) >= 11 is 0. The molecule has 4 heteroatoms. The van der Waals surface area contributed by atoms with Crippen LogP contribution in [0.25, 0.3) is 0 Å². The molecule has 4 N–H and O–H groups in total. The molecule has 0 atom stereocenters. The first-order valence-corrected chi connectivity index (χ1v) is 14.3. The van der Waals surface area contributed by atoms with E-state index in [0.29, 0.717) is 0 Å². The Labute approximate surface area is 216 Å². The molecular weight excluding hydrogens is 428 g/mol. The van der Waals surface area contributed by atoms with Gasteiger partial charge in [0.05, 0.1) is 0 Å². The van der Waals surface area contributed by atoms with Crippen molar-refractivity contribution in [2.75, 3.05) is 39.3 Å². The molecule has 0 heterocycles. The molecule has 0 bridgehead atoms. The Morgan fingerprint density at radius 2 is 0.714 bits per heavy atom. The van der Waals surface area contributed by atoms with Crippen molar-refractivity contribution in [1.29, 1.82) is 0 Å². The minimum atomic E-state index is 0.970. The number of unbranched alkanes of at least 4 members (excludes halogenated alkanes) is 2. The highest BCUT2D eigenvalue weighted by Gasteiger charge is 1.97. The smallest absolute Gasteiger partial charge is 0.0205 e. The monoisotopic (exact) mass is 480 g/mol. The second-order valence-corrected chi connectivity index (χ2v) is 9.75. The second kappa shape index (κ2) is 20.5. The van der Waals surface area contributed by atoms with Crippen LogP contribution in [0.15, 0.2) is 48.5 Å². The van der Waals surface area contributed by atoms with Gasteiger partial charge in [0.2, 0.25) is 0 Å². The van der Waals surface area contributed by atoms with Crippen molar-refractivity contribution >= 4 is 0 Å². The molecule has 0 aliphatic heterocycles. The number of hydrogen-bond acceptors (Lipinski definition) is 4. The SMILES string of the molecule is CCCCc1ccc(CNCCCNCCCNCCCNCc2ccc(CCCC)cc2)cc1. The summed E-state index contributed by atoms with van der Waals surface area (Å²) in [6.07, 6.45) is 11.1. The summed E-state index contributed by atoms with van der Waals surface area (Å²) in [5.41, 5.74) is 5.70. The predicted molar refractivity (Wildman–Crippen MR) is 153 cm³/mol. The van der Waals surface area contributed by atoms with E-state index in [0.717, 1.165) is 52.4 Å². The largest absolute Gasteiger partial charge is 0.317 e. The fourth-order valence-electron chi connectivity index (χ4n) is 4.14. The summed E-state index contributed by atoms with van der Waals surface area (Å²) in [4.78, 5) is 0. The molecule has 0 saturated carbocycles. The topological polar surface area (TPSA) is 48.1 Å². The van der Waals surface area contributed by atoms with Gasteiger partial charge in [-0.05, 0) is 106 Å². The molecule has 4 nitrogen and oxygen atoms in total. The van der Waals surface area contributed by atoms with Gasteiger partial charge in [-0.25, -0.2) is 0 Å². The van der Waals surface area contributed by atoms with Gasteiger partial charge in [0, 0.05) is 13.1 Å². The van der Waals surface area contributed by atoms with Crippen LogP contribution in [0.4, 0.5) is 0 Å². The van der Waals surface area contributed by atoms with Crippen LogP contribution in [-0.2, 0) is 25.9 Å². The van der Waals surface area contributed by atoms with Crippen molar-refractivity contribution in [3.63, 3.8) is 0 Å². The van der Waals surface area contributed by atoms with E-state index in [-0.39, 0.29) is 0 Å². The van der Waals surface area contributed by atoms with Crippen molar-refractivity contribution in [2.45, 2.75) is 84.7 Å². The van der Waals surface area contributed by atoms with Crippen LogP contribution in [0.2, 0.25) is 0 Å². The fraction of sp³-hybridized carbons (Fsp3) is 0.613. The maximum atomic E-state index is 3.56. The third-order valence-electron chi connectivity index (χ3n) is 6.46. The molecule has 35 heavy (non-hydrogen) atoms. The standard InChI is InChI=1S/C31H52N4/c1-3-5-10-28-12-16-30(17-13-28)26-34-24-8-22-32-20-7-21-33-23-9-25-35-27-31-18-14-29(15-19-31)11-6-4-2/h12-19,32-35H,3-11,20-27H2,1-2H3. The average molecular weight is 481 g/mol. The first kappa shape index (κ1) is 29.5. The maximum Gasteiger partial charge on any atom is 0.0205 e. The first-order valence-electron chi connectivity index (χ1n) is 14.3. The van der Waals surface area contributed by atoms with Gasteiger partial charge in [0.15, 0.2) is 0 Å². The predicted octanol–water partition coefficient (Wildman–Crippen LogP) is 5.60. The minimum Gasteiger partial charge on any atom is -0.317 e. The molecule has 0 amide bonds. The molecule has 2 aromatic rings. The zero-order chi connectivity index (χ0) is 24.8. The van der Waals surface area contributed by atoms with E-state index in [1.54, 1.807) is 0 Å². The quantitative estimate of drug-likeness (QED) is 0.166. The Morgan fingerprint density at radius 1 is 0.400 bits per heavy atom. The molecular formula is C31H52N4. The molecule has 0 fully saturated rings. The third-order valence-corrected chi connectivity index (χ3v) is 6.46. The van der Waals surface area contributed by atoms with Gasteiger partial charge in [0.25, 0.3) is 0 Å². The summed E-state index contributed by atoms with van der Waals surface area (Å²) < 4.78 is 0. The number of hydrogen-bond donors (Lipinski definition) is 4. The summed E-state index contributed by atoms with van der Waals surface area (Å²) in [5, 5.41) is 14.2. The molecule has 0 radical (unpaired) electrons. The Hall–Kier alpha value is -1.72. The maximum absolute atomic E-state index is 3.56. The lowest BCUT2D eigenvalue weighted by molar-refractivity contribution is 0.551. The number of rotatable bonds is 22. The first-order chi connectivity index (χ1) is 17.3. The normalized spacial score (nSPS) is 11.3. The van der Waals surface area contributed by atoms with Crippen LogP contribution in [-0.4, -0.2) is 39.3 Å². The summed E-state index contributed by atoms with van der Waals surface area (Å²) in [6, 6.07) is 18.2. The second-order valence-electron chi connectivity index (χ2n) is 9.75. The molecule has 0 saturated heterocycles. The van der Waals surface area contributed by atoms with E-state index >= 15 is 0 Å². The lowest BCUT2D eigenvalue weighted by atomic mass is 10.1. The van der Waals surface area contributed by atoms with E-state index in [9.17, 15) is 0 Å². The summed E-state index contributed by atoms with van der Waals surface area (Å²) in [7, 11) is 0. The molecule has 2 aromatic carbocycles. The zero-order valence-corrected chi connectivity index (χ0v) is 22.6. The molecule has 0 aromatic heterocycles. The van der Waals surface area contributed by atoms with Gasteiger partial charge in [-0.15, -0.1) is 0 Å². The number of nitrogens with one attached hydrogen (secondary N) is 4. The number of benzene rings is 2. The Kier molecular flexibility index (Phi) is 17.3.